The van der Waals surface area contributed by atoms with Gasteiger partial charge in [0.25, 0.3) is 0 Å². The zero-order valence-corrected chi connectivity index (χ0v) is 10.3. The molecule has 1 aliphatic rings. The van der Waals surface area contributed by atoms with Crippen molar-refractivity contribution in [3.05, 3.63) is 0 Å². The van der Waals surface area contributed by atoms with Gasteiger partial charge in [0.15, 0.2) is 0 Å². The third-order valence-corrected chi connectivity index (χ3v) is 3.68. The van der Waals surface area contributed by atoms with Gasteiger partial charge in [-0.25, -0.2) is 0 Å². The molecule has 60 valence electrons. The minimum absolute atomic E-state index is 0.851. The molecular formula is C7H13I2N. The van der Waals surface area contributed by atoms with Crippen LogP contribution in [-0.2, 0) is 0 Å². The highest BCUT2D eigenvalue weighted by Crippen LogP contribution is 2.26. The lowest BCUT2D eigenvalue weighted by Gasteiger charge is -2.17. The van der Waals surface area contributed by atoms with Gasteiger partial charge in [-0.2, -0.15) is 1.33 Å². The first-order valence-electron chi connectivity index (χ1n) is 3.91. The van der Waals surface area contributed by atoms with Crippen molar-refractivity contribution in [1.82, 2.24) is 1.33 Å². The first kappa shape index (κ1) is 9.51. The smallest absolute Gasteiger partial charge is 0.0311 e. The molecule has 0 amide bonds. The summed E-state index contributed by atoms with van der Waals surface area (Å²) in [6, 6.07) is 0.851. The van der Waals surface area contributed by atoms with Crippen molar-refractivity contribution in [3.8, 4) is 0 Å². The minimum Gasteiger partial charge on any atom is -0.185 e. The molecule has 1 saturated carbocycles. The Balaban J connectivity index is 2.28. The van der Waals surface area contributed by atoms with Gasteiger partial charge in [-0.3, -0.25) is 0 Å². The number of rotatable bonds is 1. The van der Waals surface area contributed by atoms with E-state index in [2.05, 4.69) is 47.1 Å². The summed E-state index contributed by atoms with van der Waals surface area (Å²) in [6.45, 7) is 0. The zero-order valence-electron chi connectivity index (χ0n) is 6.02. The first-order chi connectivity index (χ1) is 4.80. The van der Waals surface area contributed by atoms with Crippen molar-refractivity contribution in [3.63, 3.8) is 0 Å². The average molecular weight is 365 g/mol. The SMILES string of the molecule is IN(I)C1CCCCCC1. The summed E-state index contributed by atoms with van der Waals surface area (Å²) >= 11 is 4.80. The molecule has 3 heteroatoms. The monoisotopic (exact) mass is 365 g/mol. The van der Waals surface area contributed by atoms with Crippen LogP contribution in [-0.4, -0.2) is 7.37 Å². The molecule has 0 unspecified atom stereocenters. The van der Waals surface area contributed by atoms with Crippen LogP contribution in [0.2, 0.25) is 0 Å². The van der Waals surface area contributed by atoms with Crippen LogP contribution in [0.4, 0.5) is 0 Å². The molecule has 0 spiro atoms. The predicted octanol–water partition coefficient (Wildman–Crippen LogP) is 3.71. The van der Waals surface area contributed by atoms with Crippen LogP contribution in [0.3, 0.4) is 0 Å². The second-order valence-electron chi connectivity index (χ2n) is 2.90. The third-order valence-electron chi connectivity index (χ3n) is 2.10. The highest BCUT2D eigenvalue weighted by atomic mass is 127. The molecule has 0 aromatic rings. The van der Waals surface area contributed by atoms with Crippen molar-refractivity contribution in [1.29, 1.82) is 0 Å². The van der Waals surface area contributed by atoms with Gasteiger partial charge in [0, 0.05) is 51.8 Å². The highest BCUT2D eigenvalue weighted by molar-refractivity contribution is 14.2. The van der Waals surface area contributed by atoms with E-state index in [0.29, 0.717) is 0 Å². The molecule has 0 aromatic heterocycles. The Morgan fingerprint density at radius 3 is 1.80 bits per heavy atom. The van der Waals surface area contributed by atoms with Gasteiger partial charge in [0.1, 0.15) is 0 Å². The Morgan fingerprint density at radius 2 is 1.40 bits per heavy atom. The van der Waals surface area contributed by atoms with E-state index < -0.39 is 0 Å². The molecule has 1 rings (SSSR count). The largest absolute Gasteiger partial charge is 0.185 e. The van der Waals surface area contributed by atoms with Crippen LogP contribution in [0.5, 0.6) is 0 Å². The fraction of sp³-hybridized carbons (Fsp3) is 1.00. The normalized spacial score (nSPS) is 23.1. The summed E-state index contributed by atoms with van der Waals surface area (Å²) < 4.78 is 2.32. The van der Waals surface area contributed by atoms with Crippen LogP contribution in [0.1, 0.15) is 38.5 Å². The van der Waals surface area contributed by atoms with E-state index in [1.165, 1.54) is 38.5 Å². The molecule has 1 fully saturated rings. The van der Waals surface area contributed by atoms with Gasteiger partial charge in [-0.1, -0.05) is 25.7 Å². The Morgan fingerprint density at radius 1 is 0.900 bits per heavy atom. The topological polar surface area (TPSA) is 3.24 Å². The fourth-order valence-corrected chi connectivity index (χ4v) is 2.57. The lowest BCUT2D eigenvalue weighted by molar-refractivity contribution is 0.490. The molecule has 0 aliphatic heterocycles. The Hall–Kier alpha value is 1.42. The predicted molar refractivity (Wildman–Crippen MR) is 61.4 cm³/mol. The summed E-state index contributed by atoms with van der Waals surface area (Å²) in [4.78, 5) is 0. The zero-order chi connectivity index (χ0) is 7.40. The first-order valence-corrected chi connectivity index (χ1v) is 5.84. The molecule has 0 N–H and O–H groups in total. The summed E-state index contributed by atoms with van der Waals surface area (Å²) in [5.41, 5.74) is 0. The number of halogens is 2. The van der Waals surface area contributed by atoms with Gasteiger partial charge < -0.3 is 0 Å². The second-order valence-corrected chi connectivity index (χ2v) is 6.83. The summed E-state index contributed by atoms with van der Waals surface area (Å²) in [5, 5.41) is 0. The molecule has 10 heavy (non-hydrogen) atoms. The van der Waals surface area contributed by atoms with E-state index in [0.717, 1.165) is 6.04 Å². The molecular weight excluding hydrogens is 352 g/mol. The van der Waals surface area contributed by atoms with Gasteiger partial charge in [0.2, 0.25) is 0 Å². The Bertz CT molecular complexity index is 87.6. The lowest BCUT2D eigenvalue weighted by atomic mass is 10.1. The highest BCUT2D eigenvalue weighted by Gasteiger charge is 2.15. The Labute approximate surface area is 90.9 Å². The molecule has 0 bridgehead atoms. The van der Waals surface area contributed by atoms with Gasteiger partial charge in [-0.15, -0.1) is 0 Å². The summed E-state index contributed by atoms with van der Waals surface area (Å²) in [7, 11) is 0. The maximum absolute atomic E-state index is 2.40. The van der Waals surface area contributed by atoms with Crippen LogP contribution < -0.4 is 0 Å². The van der Waals surface area contributed by atoms with E-state index in [4.69, 9.17) is 0 Å². The van der Waals surface area contributed by atoms with E-state index >= 15 is 0 Å². The fourth-order valence-electron chi connectivity index (χ4n) is 1.45. The summed E-state index contributed by atoms with van der Waals surface area (Å²) in [5.74, 6) is 0. The molecule has 0 atom stereocenters. The molecule has 1 nitrogen and oxygen atoms in total. The average Bonchev–Trinajstić information content (AvgIpc) is 2.12. The van der Waals surface area contributed by atoms with Crippen molar-refractivity contribution >= 4 is 45.7 Å². The molecule has 1 aliphatic carbocycles. The van der Waals surface area contributed by atoms with Gasteiger partial charge >= 0.3 is 0 Å². The number of hydrogen-bond acceptors (Lipinski definition) is 1. The summed E-state index contributed by atoms with van der Waals surface area (Å²) in [6.07, 6.45) is 8.60. The molecule has 0 saturated heterocycles. The van der Waals surface area contributed by atoms with E-state index in [9.17, 15) is 0 Å². The van der Waals surface area contributed by atoms with E-state index in [1.54, 1.807) is 0 Å². The Kier molecular flexibility index (Phi) is 4.88. The van der Waals surface area contributed by atoms with Crippen molar-refractivity contribution in [2.24, 2.45) is 0 Å². The van der Waals surface area contributed by atoms with Gasteiger partial charge in [-0.05, 0) is 12.8 Å². The number of hydrogen-bond donors (Lipinski definition) is 0. The maximum atomic E-state index is 2.40. The molecule has 0 aromatic carbocycles. The molecule has 0 radical (unpaired) electrons. The van der Waals surface area contributed by atoms with Crippen LogP contribution >= 0.6 is 45.7 Å². The van der Waals surface area contributed by atoms with Crippen LogP contribution in [0.15, 0.2) is 0 Å². The van der Waals surface area contributed by atoms with Crippen molar-refractivity contribution < 1.29 is 0 Å². The lowest BCUT2D eigenvalue weighted by Crippen LogP contribution is -2.16. The van der Waals surface area contributed by atoms with E-state index in [1.807, 2.05) is 0 Å². The minimum atomic E-state index is 0.851. The quantitative estimate of drug-likeness (QED) is 0.389. The van der Waals surface area contributed by atoms with Crippen LogP contribution in [0.25, 0.3) is 0 Å². The maximum Gasteiger partial charge on any atom is 0.0311 e. The van der Waals surface area contributed by atoms with Crippen molar-refractivity contribution in [2.75, 3.05) is 0 Å². The van der Waals surface area contributed by atoms with Crippen molar-refractivity contribution in [2.45, 2.75) is 44.6 Å². The molecule has 0 heterocycles. The van der Waals surface area contributed by atoms with E-state index in [-0.39, 0.29) is 0 Å². The van der Waals surface area contributed by atoms with Gasteiger partial charge in [0.05, 0.1) is 0 Å². The standard InChI is InChI=1S/C7H13I2N/c8-10(9)7-5-3-1-2-4-6-7/h7H,1-6H2. The number of nitrogens with zero attached hydrogens (tertiary/aromatic N) is 1. The second kappa shape index (κ2) is 5.13. The van der Waals surface area contributed by atoms with Crippen LogP contribution in [0, 0.1) is 0 Å². The third kappa shape index (κ3) is 3.21.